The van der Waals surface area contributed by atoms with Crippen molar-refractivity contribution in [3.05, 3.63) is 83.4 Å². The van der Waals surface area contributed by atoms with Crippen LogP contribution in [0.2, 0.25) is 5.02 Å². The van der Waals surface area contributed by atoms with E-state index in [2.05, 4.69) is 4.99 Å². The molecule has 8 heteroatoms. The molecule has 0 aliphatic heterocycles. The van der Waals surface area contributed by atoms with Gasteiger partial charge in [-0.05, 0) is 48.5 Å². The lowest BCUT2D eigenvalue weighted by Gasteiger charge is -2.08. The number of sulfone groups is 1. The van der Waals surface area contributed by atoms with E-state index in [1.807, 2.05) is 0 Å². The Morgan fingerprint density at radius 1 is 0.903 bits per heavy atom. The quantitative estimate of drug-likeness (QED) is 0.415. The van der Waals surface area contributed by atoms with Gasteiger partial charge in [0.05, 0.1) is 29.8 Å². The Bertz CT molecular complexity index is 1430. The summed E-state index contributed by atoms with van der Waals surface area (Å²) in [7, 11) is -0.846. The van der Waals surface area contributed by atoms with Crippen molar-refractivity contribution in [2.45, 2.75) is 9.79 Å². The fourth-order valence-corrected chi connectivity index (χ4v) is 4.67. The molecule has 1 aromatic heterocycles. The lowest BCUT2D eigenvalue weighted by molar-refractivity contribution is 0.413. The van der Waals surface area contributed by atoms with Gasteiger partial charge < -0.3 is 13.9 Å². The van der Waals surface area contributed by atoms with Gasteiger partial charge >= 0.3 is 0 Å². The normalized spacial score (nSPS) is 12.2. The third-order valence-corrected chi connectivity index (χ3v) is 6.69. The number of ether oxygens (including phenoxy) is 2. The van der Waals surface area contributed by atoms with E-state index >= 15 is 0 Å². The minimum Gasteiger partial charge on any atom is -0.497 e. The first-order valence-corrected chi connectivity index (χ1v) is 11.1. The van der Waals surface area contributed by atoms with Gasteiger partial charge in [0.15, 0.2) is 0 Å². The van der Waals surface area contributed by atoms with Crippen molar-refractivity contribution in [2.24, 2.45) is 4.99 Å². The van der Waals surface area contributed by atoms with Gasteiger partial charge in [-0.3, -0.25) is 0 Å². The summed E-state index contributed by atoms with van der Waals surface area (Å²) in [5.41, 5.74) is 0.789. The second-order valence-electron chi connectivity index (χ2n) is 6.57. The van der Waals surface area contributed by atoms with Crippen LogP contribution in [0.1, 0.15) is 0 Å². The average Bonchev–Trinajstić information content (AvgIpc) is 2.79. The second kappa shape index (κ2) is 8.45. The lowest BCUT2D eigenvalue weighted by Crippen LogP contribution is -2.15. The summed E-state index contributed by atoms with van der Waals surface area (Å²) in [5.74, 6) is 1.06. The summed E-state index contributed by atoms with van der Waals surface area (Å²) in [6, 6.07) is 19.7. The van der Waals surface area contributed by atoms with E-state index < -0.39 is 9.84 Å². The predicted octanol–water partition coefficient (Wildman–Crippen LogP) is 5.17. The zero-order chi connectivity index (χ0) is 22.0. The van der Waals surface area contributed by atoms with E-state index in [-0.39, 0.29) is 15.3 Å². The van der Waals surface area contributed by atoms with E-state index in [1.54, 1.807) is 67.8 Å². The maximum atomic E-state index is 13.4. The molecule has 0 atom stereocenters. The van der Waals surface area contributed by atoms with Crippen molar-refractivity contribution < 1.29 is 22.3 Å². The highest BCUT2D eigenvalue weighted by molar-refractivity contribution is 7.91. The largest absolute Gasteiger partial charge is 0.497 e. The Kier molecular flexibility index (Phi) is 5.71. The van der Waals surface area contributed by atoms with Crippen LogP contribution in [0.5, 0.6) is 11.5 Å². The number of hydrogen-bond acceptors (Lipinski definition) is 6. The van der Waals surface area contributed by atoms with Gasteiger partial charge in [-0.1, -0.05) is 29.8 Å². The molecule has 0 saturated carbocycles. The third-order valence-electron chi connectivity index (χ3n) is 4.63. The molecule has 1 heterocycles. The van der Waals surface area contributed by atoms with Crippen LogP contribution in [0.3, 0.4) is 0 Å². The number of hydrogen-bond donors (Lipinski definition) is 0. The molecular formula is C23H18ClNO5S. The topological polar surface area (TPSA) is 78.1 Å². The standard InChI is InChI=1S/C23H18ClNO5S/c1-28-17-10-8-15-12-22(31(26,27)18-6-4-3-5-7-18)23(30-21(15)14-17)25-16-9-11-20(29-2)19(24)13-16/h3-14H,1-2H3. The maximum Gasteiger partial charge on any atom is 0.239 e. The van der Waals surface area contributed by atoms with Crippen LogP contribution in [0.25, 0.3) is 11.0 Å². The van der Waals surface area contributed by atoms with Crippen molar-refractivity contribution in [3.63, 3.8) is 0 Å². The number of nitrogens with zero attached hydrogens (tertiary/aromatic N) is 1. The SMILES string of the molecule is COc1ccc2cc(S(=O)(=O)c3ccccc3)c(=Nc3ccc(OC)c(Cl)c3)oc2c1. The molecule has 0 radical (unpaired) electrons. The zero-order valence-electron chi connectivity index (χ0n) is 16.7. The highest BCUT2D eigenvalue weighted by Crippen LogP contribution is 2.29. The molecule has 0 N–H and O–H groups in total. The number of fused-ring (bicyclic) bond motifs is 1. The minimum atomic E-state index is -3.90. The second-order valence-corrected chi connectivity index (χ2v) is 8.89. The van der Waals surface area contributed by atoms with Crippen molar-refractivity contribution >= 4 is 38.1 Å². The summed E-state index contributed by atoms with van der Waals surface area (Å²) >= 11 is 6.21. The van der Waals surface area contributed by atoms with Crippen LogP contribution < -0.4 is 15.0 Å². The van der Waals surface area contributed by atoms with E-state index in [0.29, 0.717) is 33.2 Å². The molecule has 0 fully saturated rings. The van der Waals surface area contributed by atoms with Crippen molar-refractivity contribution in [1.29, 1.82) is 0 Å². The first-order chi connectivity index (χ1) is 14.9. The molecule has 4 rings (SSSR count). The summed E-state index contributed by atoms with van der Waals surface area (Å²) in [4.78, 5) is 4.54. The van der Waals surface area contributed by atoms with Crippen LogP contribution in [-0.4, -0.2) is 22.6 Å². The zero-order valence-corrected chi connectivity index (χ0v) is 18.3. The molecule has 0 amide bonds. The monoisotopic (exact) mass is 455 g/mol. The number of rotatable bonds is 5. The molecule has 158 valence electrons. The van der Waals surface area contributed by atoms with E-state index in [9.17, 15) is 8.42 Å². The van der Waals surface area contributed by atoms with Crippen LogP contribution in [0.15, 0.2) is 92.0 Å². The molecule has 4 aromatic rings. The van der Waals surface area contributed by atoms with E-state index in [1.165, 1.54) is 19.2 Å². The van der Waals surface area contributed by atoms with Gasteiger partial charge in [0.2, 0.25) is 15.4 Å². The third kappa shape index (κ3) is 4.15. The van der Waals surface area contributed by atoms with Gasteiger partial charge in [0, 0.05) is 11.5 Å². The van der Waals surface area contributed by atoms with Crippen LogP contribution >= 0.6 is 11.6 Å². The van der Waals surface area contributed by atoms with Crippen molar-refractivity contribution in [3.8, 4) is 11.5 Å². The molecule has 31 heavy (non-hydrogen) atoms. The van der Waals surface area contributed by atoms with Gasteiger partial charge in [-0.15, -0.1) is 0 Å². The summed E-state index contributed by atoms with van der Waals surface area (Å²) in [6.45, 7) is 0. The van der Waals surface area contributed by atoms with Gasteiger partial charge in [-0.2, -0.15) is 0 Å². The Labute approximate surface area is 184 Å². The molecule has 6 nitrogen and oxygen atoms in total. The van der Waals surface area contributed by atoms with Gasteiger partial charge in [0.1, 0.15) is 22.0 Å². The predicted molar refractivity (Wildman–Crippen MR) is 118 cm³/mol. The molecule has 0 bridgehead atoms. The molecule has 0 aliphatic rings. The average molecular weight is 456 g/mol. The van der Waals surface area contributed by atoms with Crippen LogP contribution in [-0.2, 0) is 9.84 Å². The Morgan fingerprint density at radius 2 is 1.68 bits per heavy atom. The molecule has 3 aromatic carbocycles. The summed E-state index contributed by atoms with van der Waals surface area (Å²) in [5, 5.41) is 0.945. The smallest absolute Gasteiger partial charge is 0.239 e. The Morgan fingerprint density at radius 3 is 2.35 bits per heavy atom. The van der Waals surface area contributed by atoms with Crippen LogP contribution in [0.4, 0.5) is 5.69 Å². The first-order valence-electron chi connectivity index (χ1n) is 9.22. The lowest BCUT2D eigenvalue weighted by atomic mass is 10.2. The number of methoxy groups -OCH3 is 2. The Hall–Kier alpha value is -3.29. The molecule has 0 aliphatic carbocycles. The highest BCUT2D eigenvalue weighted by Gasteiger charge is 2.22. The van der Waals surface area contributed by atoms with Crippen molar-refractivity contribution in [2.75, 3.05) is 14.2 Å². The Balaban J connectivity index is 2.01. The van der Waals surface area contributed by atoms with E-state index in [0.717, 1.165) is 0 Å². The van der Waals surface area contributed by atoms with Crippen molar-refractivity contribution in [1.82, 2.24) is 0 Å². The molecule has 0 spiro atoms. The highest BCUT2D eigenvalue weighted by atomic mass is 35.5. The van der Waals surface area contributed by atoms with Crippen LogP contribution in [0, 0.1) is 0 Å². The number of halogens is 1. The fraction of sp³-hybridized carbons (Fsp3) is 0.0870. The minimum absolute atomic E-state index is 0.0525. The number of benzene rings is 3. The first kappa shape index (κ1) is 21.0. The van der Waals surface area contributed by atoms with E-state index in [4.69, 9.17) is 25.5 Å². The fourth-order valence-electron chi connectivity index (χ4n) is 3.05. The molecule has 0 saturated heterocycles. The maximum absolute atomic E-state index is 13.4. The van der Waals surface area contributed by atoms with Gasteiger partial charge in [-0.25, -0.2) is 13.4 Å². The van der Waals surface area contributed by atoms with Gasteiger partial charge in [0.25, 0.3) is 0 Å². The summed E-state index contributed by atoms with van der Waals surface area (Å²) in [6.07, 6.45) is 0. The molecular weight excluding hydrogens is 438 g/mol. The molecule has 0 unspecified atom stereocenters. The summed E-state index contributed by atoms with van der Waals surface area (Å²) < 4.78 is 43.1.